The van der Waals surface area contributed by atoms with Crippen LogP contribution >= 0.6 is 7.41 Å². The predicted molar refractivity (Wildman–Crippen MR) is 114 cm³/mol. The Hall–Kier alpha value is -1.89. The molecule has 0 saturated heterocycles. The Morgan fingerprint density at radius 1 is 0.808 bits per heavy atom. The first-order valence-corrected chi connectivity index (χ1v) is 10.6. The number of hydrogen-bond donors (Lipinski definition) is 1. The van der Waals surface area contributed by atoms with Gasteiger partial charge in [0, 0.05) is 0 Å². The summed E-state index contributed by atoms with van der Waals surface area (Å²) in [6, 6.07) is 30.3. The molecule has 0 fully saturated rings. The first-order chi connectivity index (χ1) is 12.1. The molecule has 134 valence electrons. The zero-order chi connectivity index (χ0) is 17.7. The average molecular weight is 426 g/mol. The molecular weight excluding hydrogens is 401 g/mol. The first-order valence-electron chi connectivity index (χ1n) is 8.59. The molecule has 1 N–H and O–H groups in total. The average Bonchev–Trinajstić information content (AvgIpc) is 2.64. The van der Waals surface area contributed by atoms with Crippen LogP contribution in [-0.2, 0) is 0 Å². The maximum Gasteiger partial charge on any atom is 0.171 e. The maximum absolute atomic E-state index is 4.23. The number of hydrogen-bond acceptors (Lipinski definition) is 1. The van der Waals surface area contributed by atoms with E-state index in [0.717, 1.165) is 11.8 Å². The molecule has 0 aliphatic carbocycles. The van der Waals surface area contributed by atoms with Crippen molar-refractivity contribution in [1.29, 1.82) is 0 Å². The van der Waals surface area contributed by atoms with E-state index >= 15 is 0 Å². The second-order valence-electron chi connectivity index (χ2n) is 6.57. The van der Waals surface area contributed by atoms with Crippen LogP contribution < -0.4 is 32.7 Å². The van der Waals surface area contributed by atoms with E-state index in [1.54, 1.807) is 0 Å². The molecule has 0 saturated carbocycles. The van der Waals surface area contributed by atoms with E-state index in [1.807, 2.05) is 0 Å². The van der Waals surface area contributed by atoms with E-state index in [2.05, 4.69) is 110 Å². The minimum atomic E-state index is -1.84. The third-order valence-corrected chi connectivity index (χ3v) is 8.29. The molecule has 3 aromatic carbocycles. The number of allylic oxidation sites excluding steroid dienone is 1. The van der Waals surface area contributed by atoms with E-state index in [1.165, 1.54) is 21.7 Å². The highest BCUT2D eigenvalue weighted by molar-refractivity contribution is 7.90. The lowest BCUT2D eigenvalue weighted by molar-refractivity contribution is -0.00000512. The molecule has 0 bridgehead atoms. The monoisotopic (exact) mass is 425 g/mol. The van der Waals surface area contributed by atoms with E-state index in [-0.39, 0.29) is 17.0 Å². The zero-order valence-corrected chi connectivity index (χ0v) is 17.8. The smallest absolute Gasteiger partial charge is 0.171 e. The van der Waals surface area contributed by atoms with Gasteiger partial charge in [-0.15, -0.1) is 0 Å². The Morgan fingerprint density at radius 2 is 1.27 bits per heavy atom. The van der Waals surface area contributed by atoms with Crippen molar-refractivity contribution in [2.75, 3.05) is 11.2 Å². The van der Waals surface area contributed by atoms with E-state index in [0.29, 0.717) is 0 Å². The predicted octanol–water partition coefficient (Wildman–Crippen LogP) is 2.57. The van der Waals surface area contributed by atoms with E-state index in [4.69, 9.17) is 0 Å². The SMILES string of the molecule is C=C(C)C[P+](Nc1ccc(C)cc1)(c1ccccc1)c1ccccc1.[Br-]. The molecule has 3 heteroatoms. The third-order valence-electron chi connectivity index (χ3n) is 4.27. The van der Waals surface area contributed by atoms with Crippen LogP contribution in [0.5, 0.6) is 0 Å². The number of halogens is 1. The van der Waals surface area contributed by atoms with Crippen molar-refractivity contribution in [3.8, 4) is 0 Å². The van der Waals surface area contributed by atoms with E-state index in [9.17, 15) is 0 Å². The van der Waals surface area contributed by atoms with Crippen molar-refractivity contribution in [2.45, 2.75) is 13.8 Å². The van der Waals surface area contributed by atoms with Crippen molar-refractivity contribution < 1.29 is 17.0 Å². The summed E-state index contributed by atoms with van der Waals surface area (Å²) in [5.74, 6) is 0. The summed E-state index contributed by atoms with van der Waals surface area (Å²) >= 11 is 0. The van der Waals surface area contributed by atoms with Gasteiger partial charge in [0.05, 0.1) is 5.69 Å². The van der Waals surface area contributed by atoms with Crippen molar-refractivity contribution in [3.63, 3.8) is 0 Å². The highest BCUT2D eigenvalue weighted by Crippen LogP contribution is 2.56. The quantitative estimate of drug-likeness (QED) is 0.472. The standard InChI is InChI=1S/C23H25NP.BrH/c1-19(2)18-25(22-10-6-4-7-11-22,23-12-8-5-9-13-23)24-21-16-14-20(3)15-17-21;/h4-17,24H,1,18H2,2-3H3;1H/q+1;/p-1. The molecule has 0 aliphatic rings. The highest BCUT2D eigenvalue weighted by Gasteiger charge is 2.43. The Balaban J connectivity index is 0.00000243. The van der Waals surface area contributed by atoms with Crippen LogP contribution in [0.25, 0.3) is 0 Å². The summed E-state index contributed by atoms with van der Waals surface area (Å²) in [4.78, 5) is 0. The summed E-state index contributed by atoms with van der Waals surface area (Å²) in [5, 5.41) is 6.64. The summed E-state index contributed by atoms with van der Waals surface area (Å²) in [6.45, 7) is 8.48. The van der Waals surface area contributed by atoms with Gasteiger partial charge in [0.1, 0.15) is 16.8 Å². The molecule has 26 heavy (non-hydrogen) atoms. The zero-order valence-electron chi connectivity index (χ0n) is 15.3. The molecule has 0 spiro atoms. The largest absolute Gasteiger partial charge is 1.00 e. The van der Waals surface area contributed by atoms with Gasteiger partial charge in [-0.05, 0) is 55.8 Å². The Morgan fingerprint density at radius 3 is 1.69 bits per heavy atom. The summed E-state index contributed by atoms with van der Waals surface area (Å²) < 4.78 is 0. The van der Waals surface area contributed by atoms with Gasteiger partial charge in [-0.3, -0.25) is 5.09 Å². The second-order valence-corrected chi connectivity index (χ2v) is 9.77. The number of anilines is 1. The van der Waals surface area contributed by atoms with Crippen LogP contribution in [0.2, 0.25) is 0 Å². The Bertz CT molecular complexity index is 790. The molecule has 0 aromatic heterocycles. The third kappa shape index (κ3) is 4.63. The van der Waals surface area contributed by atoms with Gasteiger partial charge in [0.15, 0.2) is 7.41 Å². The fourth-order valence-electron chi connectivity index (χ4n) is 3.12. The van der Waals surface area contributed by atoms with Crippen LogP contribution in [0, 0.1) is 6.92 Å². The van der Waals surface area contributed by atoms with Gasteiger partial charge in [-0.1, -0.05) is 60.7 Å². The molecule has 0 atom stereocenters. The fraction of sp³-hybridized carbons (Fsp3) is 0.130. The van der Waals surface area contributed by atoms with Crippen LogP contribution in [0.4, 0.5) is 5.69 Å². The van der Waals surface area contributed by atoms with Crippen LogP contribution in [0.3, 0.4) is 0 Å². The fourth-order valence-corrected chi connectivity index (χ4v) is 6.88. The van der Waals surface area contributed by atoms with Gasteiger partial charge in [-0.25, -0.2) is 0 Å². The maximum atomic E-state index is 4.23. The summed E-state index contributed by atoms with van der Waals surface area (Å²) in [7, 11) is -1.84. The van der Waals surface area contributed by atoms with Crippen LogP contribution in [-0.4, -0.2) is 6.16 Å². The van der Waals surface area contributed by atoms with Gasteiger partial charge in [0.2, 0.25) is 0 Å². The molecular formula is C23H25BrNP. The van der Waals surface area contributed by atoms with Crippen molar-refractivity contribution in [1.82, 2.24) is 0 Å². The van der Waals surface area contributed by atoms with Gasteiger partial charge in [-0.2, -0.15) is 0 Å². The molecule has 1 nitrogen and oxygen atoms in total. The van der Waals surface area contributed by atoms with Crippen LogP contribution in [0.15, 0.2) is 97.1 Å². The lowest BCUT2D eigenvalue weighted by atomic mass is 10.2. The van der Waals surface area contributed by atoms with E-state index < -0.39 is 7.41 Å². The molecule has 3 rings (SSSR count). The highest BCUT2D eigenvalue weighted by atomic mass is 79.9. The minimum Gasteiger partial charge on any atom is -1.00 e. The molecule has 0 aliphatic heterocycles. The number of nitrogens with one attached hydrogen (secondary N) is 1. The van der Waals surface area contributed by atoms with Gasteiger partial charge in [0.25, 0.3) is 0 Å². The Kier molecular flexibility index (Phi) is 7.20. The van der Waals surface area contributed by atoms with Crippen molar-refractivity contribution in [2.24, 2.45) is 0 Å². The molecule has 3 aromatic rings. The molecule has 0 radical (unpaired) electrons. The Labute approximate surface area is 168 Å². The second kappa shape index (κ2) is 9.16. The van der Waals surface area contributed by atoms with Gasteiger partial charge >= 0.3 is 0 Å². The van der Waals surface area contributed by atoms with Gasteiger partial charge < -0.3 is 17.0 Å². The van der Waals surface area contributed by atoms with Crippen molar-refractivity contribution >= 4 is 23.7 Å². The lowest BCUT2D eigenvalue weighted by Gasteiger charge is -2.28. The van der Waals surface area contributed by atoms with Crippen LogP contribution in [0.1, 0.15) is 12.5 Å². The normalized spacial score (nSPS) is 10.7. The molecule has 0 amide bonds. The first kappa shape index (κ1) is 20.4. The number of aryl methyl sites for hydroxylation is 1. The lowest BCUT2D eigenvalue weighted by Crippen LogP contribution is -3.00. The minimum absolute atomic E-state index is 0. The summed E-state index contributed by atoms with van der Waals surface area (Å²) in [5.41, 5.74) is 3.63. The van der Waals surface area contributed by atoms with Crippen molar-refractivity contribution in [3.05, 3.63) is 103 Å². The molecule has 0 heterocycles. The topological polar surface area (TPSA) is 12.0 Å². The number of rotatable bonds is 6. The molecule has 0 unspecified atom stereocenters. The summed E-state index contributed by atoms with van der Waals surface area (Å²) in [6.07, 6.45) is 0.939. The number of benzene rings is 3.